The first kappa shape index (κ1) is 13.0. The summed E-state index contributed by atoms with van der Waals surface area (Å²) < 4.78 is 6.12. The lowest BCUT2D eigenvalue weighted by molar-refractivity contribution is -0.0718. The number of alkyl halides is 2. The minimum Gasteiger partial charge on any atom is -0.372 e. The molecule has 2 bridgehead atoms. The van der Waals surface area contributed by atoms with Crippen LogP contribution in [-0.4, -0.2) is 24.0 Å². The third-order valence-electron chi connectivity index (χ3n) is 5.41. The lowest BCUT2D eigenvalue weighted by atomic mass is 9.70. The van der Waals surface area contributed by atoms with Crippen LogP contribution in [0, 0.1) is 16.7 Å². The summed E-state index contributed by atoms with van der Waals surface area (Å²) in [5.41, 5.74) is 0.717. The zero-order valence-corrected chi connectivity index (χ0v) is 11.9. The lowest BCUT2D eigenvalue weighted by Crippen LogP contribution is -2.40. The van der Waals surface area contributed by atoms with E-state index in [9.17, 15) is 0 Å². The summed E-state index contributed by atoms with van der Waals surface area (Å²) in [6.45, 7) is 7.17. The van der Waals surface area contributed by atoms with Crippen LogP contribution in [0.5, 0.6) is 0 Å². The summed E-state index contributed by atoms with van der Waals surface area (Å²) in [6, 6.07) is 0. The van der Waals surface area contributed by atoms with Crippen molar-refractivity contribution >= 4 is 23.2 Å². The van der Waals surface area contributed by atoms with E-state index >= 15 is 0 Å². The summed E-state index contributed by atoms with van der Waals surface area (Å²) in [6.07, 6.45) is 4.19. The maximum Gasteiger partial charge on any atom is 0.0849 e. The smallest absolute Gasteiger partial charge is 0.0849 e. The zero-order valence-electron chi connectivity index (χ0n) is 10.4. The van der Waals surface area contributed by atoms with Gasteiger partial charge in [0.05, 0.1) is 12.2 Å². The Bertz CT molecular complexity index is 263. The maximum atomic E-state index is 6.12. The Morgan fingerprint density at radius 2 is 1.88 bits per heavy atom. The molecule has 3 heteroatoms. The van der Waals surface area contributed by atoms with Gasteiger partial charge in [0.15, 0.2) is 0 Å². The van der Waals surface area contributed by atoms with Crippen molar-refractivity contribution in [2.45, 2.75) is 52.2 Å². The molecular formula is C13H22Cl2O. The molecule has 94 valence electrons. The van der Waals surface area contributed by atoms with Crippen LogP contribution in [0.4, 0.5) is 0 Å². The van der Waals surface area contributed by atoms with E-state index < -0.39 is 0 Å². The molecule has 16 heavy (non-hydrogen) atoms. The van der Waals surface area contributed by atoms with Gasteiger partial charge >= 0.3 is 0 Å². The van der Waals surface area contributed by atoms with Crippen molar-refractivity contribution in [2.75, 3.05) is 11.8 Å². The third kappa shape index (κ3) is 1.71. The molecule has 0 aromatic heterocycles. The van der Waals surface area contributed by atoms with E-state index in [4.69, 9.17) is 27.9 Å². The van der Waals surface area contributed by atoms with Crippen LogP contribution < -0.4 is 0 Å². The maximum absolute atomic E-state index is 6.12. The number of ether oxygens (including phenoxy) is 1. The molecule has 2 rings (SSSR count). The van der Waals surface area contributed by atoms with Crippen LogP contribution >= 0.6 is 23.2 Å². The Hall–Kier alpha value is 0.540. The predicted octanol–water partition coefficient (Wildman–Crippen LogP) is 4.06. The van der Waals surface area contributed by atoms with Gasteiger partial charge in [-0.25, -0.2) is 0 Å². The molecule has 0 amide bonds. The lowest BCUT2D eigenvalue weighted by Gasteiger charge is -2.40. The van der Waals surface area contributed by atoms with Crippen molar-refractivity contribution in [2.24, 2.45) is 16.7 Å². The second-order valence-electron chi connectivity index (χ2n) is 6.17. The first-order chi connectivity index (χ1) is 7.45. The molecule has 0 aromatic rings. The normalized spacial score (nSPS) is 40.9. The summed E-state index contributed by atoms with van der Waals surface area (Å²) >= 11 is 11.7. The van der Waals surface area contributed by atoms with Crippen molar-refractivity contribution < 1.29 is 4.74 Å². The number of hydrogen-bond acceptors (Lipinski definition) is 1. The second kappa shape index (κ2) is 4.33. The van der Waals surface area contributed by atoms with E-state index in [1.807, 2.05) is 0 Å². The Morgan fingerprint density at radius 1 is 1.25 bits per heavy atom. The van der Waals surface area contributed by atoms with Gasteiger partial charge in [0, 0.05) is 11.8 Å². The van der Waals surface area contributed by atoms with Crippen molar-refractivity contribution in [1.29, 1.82) is 0 Å². The van der Waals surface area contributed by atoms with Crippen molar-refractivity contribution in [1.82, 2.24) is 0 Å². The number of halogens is 2. The number of rotatable bonds is 4. The highest BCUT2D eigenvalue weighted by Gasteiger charge is 2.62. The summed E-state index contributed by atoms with van der Waals surface area (Å²) in [7, 11) is 0. The van der Waals surface area contributed by atoms with Gasteiger partial charge in [-0.2, -0.15) is 0 Å². The Morgan fingerprint density at radius 3 is 2.25 bits per heavy atom. The molecule has 0 radical (unpaired) electrons. The standard InChI is InChI=1S/C13H22Cl2O/c1-12(2)9-4-5-13(12,3)11(6-9)16-10(7-14)8-15/h9-11H,4-8H2,1-3H3. The molecule has 3 atom stereocenters. The Balaban J connectivity index is 2.09. The third-order valence-corrected chi connectivity index (χ3v) is 6.10. The highest BCUT2D eigenvalue weighted by atomic mass is 35.5. The van der Waals surface area contributed by atoms with Gasteiger partial charge in [-0.05, 0) is 36.0 Å². The van der Waals surface area contributed by atoms with E-state index in [-0.39, 0.29) is 6.10 Å². The van der Waals surface area contributed by atoms with E-state index in [0.29, 0.717) is 28.7 Å². The number of hydrogen-bond donors (Lipinski definition) is 0. The van der Waals surface area contributed by atoms with E-state index in [1.54, 1.807) is 0 Å². The fourth-order valence-electron chi connectivity index (χ4n) is 3.68. The molecular weight excluding hydrogens is 243 g/mol. The zero-order chi connectivity index (χ0) is 12.0. The fraction of sp³-hybridized carbons (Fsp3) is 1.00. The van der Waals surface area contributed by atoms with Crippen LogP contribution in [0.3, 0.4) is 0 Å². The molecule has 1 nitrogen and oxygen atoms in total. The number of fused-ring (bicyclic) bond motifs is 2. The minimum absolute atomic E-state index is 0.0142. The SMILES string of the molecule is CC1(C)C2CCC1(C)C(OC(CCl)CCl)C2. The molecule has 2 aliphatic carbocycles. The molecule has 0 heterocycles. The quantitative estimate of drug-likeness (QED) is 0.696. The van der Waals surface area contributed by atoms with Crippen LogP contribution in [0.2, 0.25) is 0 Å². The average molecular weight is 265 g/mol. The van der Waals surface area contributed by atoms with Gasteiger partial charge in [-0.3, -0.25) is 0 Å². The van der Waals surface area contributed by atoms with Crippen LogP contribution in [0.15, 0.2) is 0 Å². The monoisotopic (exact) mass is 264 g/mol. The van der Waals surface area contributed by atoms with Crippen molar-refractivity contribution in [3.8, 4) is 0 Å². The Kier molecular flexibility index (Phi) is 3.51. The van der Waals surface area contributed by atoms with Crippen LogP contribution in [0.1, 0.15) is 40.0 Å². The molecule has 2 saturated carbocycles. The molecule has 0 aliphatic heterocycles. The minimum atomic E-state index is 0.0142. The van der Waals surface area contributed by atoms with Crippen LogP contribution in [0.25, 0.3) is 0 Å². The molecule has 2 aliphatic rings. The fourth-order valence-corrected chi connectivity index (χ4v) is 4.16. The molecule has 0 spiro atoms. The summed E-state index contributed by atoms with van der Waals surface area (Å²) in [5.74, 6) is 1.82. The van der Waals surface area contributed by atoms with Gasteiger partial charge in [-0.1, -0.05) is 20.8 Å². The second-order valence-corrected chi connectivity index (χ2v) is 6.78. The highest BCUT2D eigenvalue weighted by Crippen LogP contribution is 2.66. The molecule has 3 unspecified atom stereocenters. The first-order valence-corrected chi connectivity index (χ1v) is 7.30. The molecule has 2 fully saturated rings. The molecule has 0 saturated heterocycles. The van der Waals surface area contributed by atoms with E-state index in [1.165, 1.54) is 19.3 Å². The van der Waals surface area contributed by atoms with Crippen molar-refractivity contribution in [3.05, 3.63) is 0 Å². The van der Waals surface area contributed by atoms with Gasteiger partial charge < -0.3 is 4.74 Å². The Labute approximate surface area is 109 Å². The summed E-state index contributed by atoms with van der Waals surface area (Å²) in [5, 5.41) is 0. The topological polar surface area (TPSA) is 9.23 Å². The molecule has 0 N–H and O–H groups in total. The van der Waals surface area contributed by atoms with Crippen LogP contribution in [-0.2, 0) is 4.74 Å². The van der Waals surface area contributed by atoms with E-state index in [2.05, 4.69) is 20.8 Å². The first-order valence-electron chi connectivity index (χ1n) is 6.23. The highest BCUT2D eigenvalue weighted by molar-refractivity contribution is 6.21. The predicted molar refractivity (Wildman–Crippen MR) is 69.3 cm³/mol. The van der Waals surface area contributed by atoms with Gasteiger partial charge in [0.25, 0.3) is 0 Å². The average Bonchev–Trinajstić information content (AvgIpc) is 2.58. The van der Waals surface area contributed by atoms with Crippen molar-refractivity contribution in [3.63, 3.8) is 0 Å². The summed E-state index contributed by atoms with van der Waals surface area (Å²) in [4.78, 5) is 0. The largest absolute Gasteiger partial charge is 0.372 e. The van der Waals surface area contributed by atoms with Gasteiger partial charge in [0.1, 0.15) is 0 Å². The van der Waals surface area contributed by atoms with E-state index in [0.717, 1.165) is 5.92 Å². The van der Waals surface area contributed by atoms with Gasteiger partial charge in [0.2, 0.25) is 0 Å². The molecule has 0 aromatic carbocycles. The van der Waals surface area contributed by atoms with Gasteiger partial charge in [-0.15, -0.1) is 23.2 Å².